The topological polar surface area (TPSA) is 67.8 Å². The van der Waals surface area contributed by atoms with Gasteiger partial charge in [0.05, 0.1) is 0 Å². The minimum Gasteiger partial charge on any atom is -0.454 e. The lowest BCUT2D eigenvalue weighted by atomic mass is 10.1. The molecular formula is C15H21NO4S. The van der Waals surface area contributed by atoms with E-state index in [-0.39, 0.29) is 19.3 Å². The van der Waals surface area contributed by atoms with Crippen LogP contribution in [-0.4, -0.2) is 42.5 Å². The van der Waals surface area contributed by atoms with Gasteiger partial charge in [-0.15, -0.1) is 0 Å². The standard InChI is InChI=1S/C15H21NO4S/c17-7-1-8-21-9-6-16-15(18)5-3-12-2-4-13-14(10-12)20-11-19-13/h2,4,10,17H,1,3,5-9,11H2,(H,16,18). The average Bonchev–Trinajstić information content (AvgIpc) is 2.96. The maximum atomic E-state index is 11.7. The molecule has 0 bridgehead atoms. The largest absolute Gasteiger partial charge is 0.454 e. The zero-order valence-electron chi connectivity index (χ0n) is 12.0. The molecule has 0 aromatic heterocycles. The Hall–Kier alpha value is -1.40. The van der Waals surface area contributed by atoms with Gasteiger partial charge in [-0.05, 0) is 36.3 Å². The molecule has 21 heavy (non-hydrogen) atoms. The van der Waals surface area contributed by atoms with Crippen LogP contribution in [-0.2, 0) is 11.2 Å². The van der Waals surface area contributed by atoms with E-state index in [4.69, 9.17) is 14.6 Å². The Kier molecular flexibility index (Phi) is 6.69. The fourth-order valence-corrected chi connectivity index (χ4v) is 2.76. The Morgan fingerprint density at radius 3 is 3.00 bits per heavy atom. The van der Waals surface area contributed by atoms with Gasteiger partial charge in [0, 0.05) is 25.3 Å². The summed E-state index contributed by atoms with van der Waals surface area (Å²) in [6.45, 7) is 1.18. The van der Waals surface area contributed by atoms with Gasteiger partial charge in [-0.2, -0.15) is 11.8 Å². The molecule has 1 aromatic carbocycles. The van der Waals surface area contributed by atoms with Crippen molar-refractivity contribution in [2.45, 2.75) is 19.3 Å². The zero-order chi connectivity index (χ0) is 14.9. The van der Waals surface area contributed by atoms with Crippen LogP contribution in [0.15, 0.2) is 18.2 Å². The molecule has 1 heterocycles. The van der Waals surface area contributed by atoms with Gasteiger partial charge in [0.15, 0.2) is 11.5 Å². The van der Waals surface area contributed by atoms with Gasteiger partial charge < -0.3 is 19.9 Å². The molecule has 1 aliphatic rings. The van der Waals surface area contributed by atoms with E-state index in [0.29, 0.717) is 19.4 Å². The number of rotatable bonds is 9. The van der Waals surface area contributed by atoms with Crippen molar-refractivity contribution >= 4 is 17.7 Å². The van der Waals surface area contributed by atoms with Crippen molar-refractivity contribution in [3.63, 3.8) is 0 Å². The second-order valence-corrected chi connectivity index (χ2v) is 5.95. The van der Waals surface area contributed by atoms with Crippen LogP contribution in [0.2, 0.25) is 0 Å². The molecule has 0 unspecified atom stereocenters. The predicted octanol–water partition coefficient (Wildman–Crippen LogP) is 1.58. The van der Waals surface area contributed by atoms with Crippen molar-refractivity contribution in [3.05, 3.63) is 23.8 Å². The van der Waals surface area contributed by atoms with E-state index in [1.165, 1.54) is 0 Å². The maximum absolute atomic E-state index is 11.7. The van der Waals surface area contributed by atoms with Crippen LogP contribution >= 0.6 is 11.8 Å². The van der Waals surface area contributed by atoms with Crippen molar-refractivity contribution in [3.8, 4) is 11.5 Å². The van der Waals surface area contributed by atoms with E-state index in [1.54, 1.807) is 11.8 Å². The highest BCUT2D eigenvalue weighted by atomic mass is 32.2. The lowest BCUT2D eigenvalue weighted by Gasteiger charge is -2.06. The number of hydrogen-bond acceptors (Lipinski definition) is 5. The van der Waals surface area contributed by atoms with E-state index in [1.807, 2.05) is 18.2 Å². The first kappa shape index (κ1) is 16.0. The van der Waals surface area contributed by atoms with Gasteiger partial charge in [0.1, 0.15) is 0 Å². The van der Waals surface area contributed by atoms with Gasteiger partial charge in [-0.25, -0.2) is 0 Å². The quantitative estimate of drug-likeness (QED) is 0.678. The molecule has 1 aliphatic heterocycles. The number of carbonyl (C=O) groups excluding carboxylic acids is 1. The summed E-state index contributed by atoms with van der Waals surface area (Å²) in [7, 11) is 0. The van der Waals surface area contributed by atoms with Gasteiger partial charge in [0.2, 0.25) is 12.7 Å². The van der Waals surface area contributed by atoms with E-state index in [0.717, 1.165) is 35.0 Å². The molecule has 0 fully saturated rings. The summed E-state index contributed by atoms with van der Waals surface area (Å²) < 4.78 is 10.6. The summed E-state index contributed by atoms with van der Waals surface area (Å²) in [5.41, 5.74) is 1.08. The molecule has 2 rings (SSSR count). The van der Waals surface area contributed by atoms with E-state index in [2.05, 4.69) is 5.32 Å². The number of thioether (sulfide) groups is 1. The number of benzene rings is 1. The van der Waals surface area contributed by atoms with Crippen LogP contribution in [0.3, 0.4) is 0 Å². The van der Waals surface area contributed by atoms with Crippen LogP contribution in [0.25, 0.3) is 0 Å². The van der Waals surface area contributed by atoms with Crippen molar-refractivity contribution in [1.82, 2.24) is 5.32 Å². The third-order valence-corrected chi connectivity index (χ3v) is 4.16. The number of hydrogen-bond donors (Lipinski definition) is 2. The number of fused-ring (bicyclic) bond motifs is 1. The minimum atomic E-state index is 0.0652. The smallest absolute Gasteiger partial charge is 0.231 e. The number of carbonyl (C=O) groups is 1. The Morgan fingerprint density at radius 2 is 2.14 bits per heavy atom. The monoisotopic (exact) mass is 311 g/mol. The van der Waals surface area contributed by atoms with Crippen molar-refractivity contribution in [2.75, 3.05) is 31.5 Å². The first-order valence-corrected chi connectivity index (χ1v) is 8.29. The number of nitrogens with one attached hydrogen (secondary N) is 1. The van der Waals surface area contributed by atoms with Crippen molar-refractivity contribution in [2.24, 2.45) is 0 Å². The summed E-state index contributed by atoms with van der Waals surface area (Å²) in [4.78, 5) is 11.7. The first-order chi connectivity index (χ1) is 10.3. The molecule has 1 amide bonds. The second-order valence-electron chi connectivity index (χ2n) is 4.73. The van der Waals surface area contributed by atoms with Gasteiger partial charge >= 0.3 is 0 Å². The van der Waals surface area contributed by atoms with E-state index in [9.17, 15) is 4.79 Å². The maximum Gasteiger partial charge on any atom is 0.231 e. The Balaban J connectivity index is 1.60. The predicted molar refractivity (Wildman–Crippen MR) is 82.9 cm³/mol. The lowest BCUT2D eigenvalue weighted by molar-refractivity contribution is -0.120. The SMILES string of the molecule is O=C(CCc1ccc2c(c1)OCO2)NCCSCCCO. The van der Waals surface area contributed by atoms with Crippen molar-refractivity contribution < 1.29 is 19.4 Å². The molecule has 116 valence electrons. The fourth-order valence-electron chi connectivity index (χ4n) is 1.97. The highest BCUT2D eigenvalue weighted by Gasteiger charge is 2.13. The summed E-state index contributed by atoms with van der Waals surface area (Å²) in [5, 5.41) is 11.6. The zero-order valence-corrected chi connectivity index (χ0v) is 12.8. The van der Waals surface area contributed by atoms with Gasteiger partial charge in [-0.1, -0.05) is 6.07 Å². The number of aliphatic hydroxyl groups excluding tert-OH is 1. The molecule has 5 nitrogen and oxygen atoms in total. The fraction of sp³-hybridized carbons (Fsp3) is 0.533. The molecule has 0 radical (unpaired) electrons. The highest BCUT2D eigenvalue weighted by Crippen LogP contribution is 2.32. The van der Waals surface area contributed by atoms with Gasteiger partial charge in [0.25, 0.3) is 0 Å². The Bertz CT molecular complexity index is 467. The van der Waals surface area contributed by atoms with Crippen molar-refractivity contribution in [1.29, 1.82) is 0 Å². The Morgan fingerprint density at radius 1 is 1.29 bits per heavy atom. The van der Waals surface area contributed by atoms with E-state index < -0.39 is 0 Å². The molecule has 0 aliphatic carbocycles. The molecule has 0 atom stereocenters. The third kappa shape index (κ3) is 5.47. The number of ether oxygens (including phenoxy) is 2. The molecular weight excluding hydrogens is 290 g/mol. The summed E-state index contributed by atoms with van der Waals surface area (Å²) >= 11 is 1.74. The highest BCUT2D eigenvalue weighted by molar-refractivity contribution is 7.99. The third-order valence-electron chi connectivity index (χ3n) is 3.09. The first-order valence-electron chi connectivity index (χ1n) is 7.13. The second kappa shape index (κ2) is 8.79. The van der Waals surface area contributed by atoms with Crippen LogP contribution in [0.5, 0.6) is 11.5 Å². The molecule has 0 saturated carbocycles. The van der Waals surface area contributed by atoms with Crippen LogP contribution in [0, 0.1) is 0 Å². The molecule has 6 heteroatoms. The normalized spacial score (nSPS) is 12.4. The molecule has 2 N–H and O–H groups in total. The summed E-state index contributed by atoms with van der Waals surface area (Å²) in [6, 6.07) is 5.78. The van der Waals surface area contributed by atoms with Crippen LogP contribution < -0.4 is 14.8 Å². The minimum absolute atomic E-state index is 0.0652. The van der Waals surface area contributed by atoms with Gasteiger partial charge in [-0.3, -0.25) is 4.79 Å². The lowest BCUT2D eigenvalue weighted by Crippen LogP contribution is -2.26. The Labute approximate surface area is 129 Å². The van der Waals surface area contributed by atoms with Crippen LogP contribution in [0.4, 0.5) is 0 Å². The number of aliphatic hydroxyl groups is 1. The summed E-state index contributed by atoms with van der Waals surface area (Å²) in [6.07, 6.45) is 1.98. The summed E-state index contributed by atoms with van der Waals surface area (Å²) in [5.74, 6) is 3.41. The molecule has 1 aromatic rings. The number of amides is 1. The van der Waals surface area contributed by atoms with E-state index >= 15 is 0 Å². The average molecular weight is 311 g/mol. The molecule has 0 spiro atoms. The van der Waals surface area contributed by atoms with Crippen LogP contribution in [0.1, 0.15) is 18.4 Å². The number of aryl methyl sites for hydroxylation is 1. The molecule has 0 saturated heterocycles.